The summed E-state index contributed by atoms with van der Waals surface area (Å²) in [5, 5.41) is 2.86. The number of rotatable bonds is 7. The van der Waals surface area contributed by atoms with Crippen LogP contribution in [-0.4, -0.2) is 17.8 Å². The van der Waals surface area contributed by atoms with E-state index in [0.29, 0.717) is 6.61 Å². The molecule has 0 aliphatic rings. The minimum absolute atomic E-state index is 0.0283. The first-order valence-corrected chi connectivity index (χ1v) is 8.36. The Labute approximate surface area is 136 Å². The van der Waals surface area contributed by atoms with E-state index in [9.17, 15) is 4.79 Å². The van der Waals surface area contributed by atoms with Crippen LogP contribution >= 0.6 is 11.8 Å². The highest BCUT2D eigenvalue weighted by molar-refractivity contribution is 8.00. The summed E-state index contributed by atoms with van der Waals surface area (Å²) in [5.41, 5.74) is 0.792. The van der Waals surface area contributed by atoms with Crippen molar-refractivity contribution in [3.8, 4) is 5.75 Å². The number of thioether (sulfide) groups is 1. The SMILES string of the molecule is CCOc1ccc(NC(=O)C(CC)Sc2ccccc2)cc1. The van der Waals surface area contributed by atoms with Crippen molar-refractivity contribution in [3.05, 3.63) is 54.6 Å². The van der Waals surface area contributed by atoms with Gasteiger partial charge in [-0.05, 0) is 49.7 Å². The van der Waals surface area contributed by atoms with E-state index >= 15 is 0 Å². The molecule has 22 heavy (non-hydrogen) atoms. The monoisotopic (exact) mass is 315 g/mol. The van der Waals surface area contributed by atoms with Crippen LogP contribution in [0.25, 0.3) is 0 Å². The molecule has 0 bridgehead atoms. The number of anilines is 1. The highest BCUT2D eigenvalue weighted by atomic mass is 32.2. The molecule has 0 aromatic heterocycles. The molecule has 0 aliphatic heterocycles. The van der Waals surface area contributed by atoms with Gasteiger partial charge >= 0.3 is 0 Å². The average molecular weight is 315 g/mol. The van der Waals surface area contributed by atoms with Crippen LogP contribution in [0.5, 0.6) is 5.75 Å². The quantitative estimate of drug-likeness (QED) is 0.759. The number of amides is 1. The molecule has 2 aromatic rings. The van der Waals surface area contributed by atoms with Crippen molar-refractivity contribution in [2.24, 2.45) is 0 Å². The maximum atomic E-state index is 12.4. The van der Waals surface area contributed by atoms with E-state index in [1.165, 1.54) is 0 Å². The molecule has 1 N–H and O–H groups in total. The zero-order chi connectivity index (χ0) is 15.8. The summed E-state index contributed by atoms with van der Waals surface area (Å²) in [6, 6.07) is 17.5. The van der Waals surface area contributed by atoms with Gasteiger partial charge < -0.3 is 10.1 Å². The lowest BCUT2D eigenvalue weighted by Gasteiger charge is -2.15. The number of carbonyl (C=O) groups excluding carboxylic acids is 1. The molecule has 3 nitrogen and oxygen atoms in total. The van der Waals surface area contributed by atoms with E-state index in [1.54, 1.807) is 11.8 Å². The molecule has 0 saturated carbocycles. The highest BCUT2D eigenvalue weighted by Crippen LogP contribution is 2.26. The van der Waals surface area contributed by atoms with Crippen LogP contribution in [0, 0.1) is 0 Å². The fourth-order valence-corrected chi connectivity index (χ4v) is 2.98. The number of benzene rings is 2. The van der Waals surface area contributed by atoms with Crippen molar-refractivity contribution in [1.82, 2.24) is 0 Å². The fourth-order valence-electron chi connectivity index (χ4n) is 2.01. The smallest absolute Gasteiger partial charge is 0.237 e. The molecule has 1 amide bonds. The Morgan fingerprint density at radius 2 is 1.77 bits per heavy atom. The second kappa shape index (κ2) is 8.49. The molecule has 116 valence electrons. The second-order valence-corrected chi connectivity index (χ2v) is 6.05. The van der Waals surface area contributed by atoms with Crippen molar-refractivity contribution in [3.63, 3.8) is 0 Å². The average Bonchev–Trinajstić information content (AvgIpc) is 2.55. The summed E-state index contributed by atoms with van der Waals surface area (Å²) in [6.45, 7) is 4.61. The van der Waals surface area contributed by atoms with Crippen molar-refractivity contribution in [1.29, 1.82) is 0 Å². The molecular weight excluding hydrogens is 294 g/mol. The molecule has 0 saturated heterocycles. The van der Waals surface area contributed by atoms with Gasteiger partial charge in [-0.1, -0.05) is 25.1 Å². The van der Waals surface area contributed by atoms with Crippen LogP contribution in [0.3, 0.4) is 0 Å². The maximum absolute atomic E-state index is 12.4. The number of hydrogen-bond acceptors (Lipinski definition) is 3. The van der Waals surface area contributed by atoms with Gasteiger partial charge in [-0.2, -0.15) is 0 Å². The maximum Gasteiger partial charge on any atom is 0.237 e. The van der Waals surface area contributed by atoms with Gasteiger partial charge in [0.2, 0.25) is 5.91 Å². The molecule has 2 aromatic carbocycles. The predicted octanol–water partition coefficient (Wildman–Crippen LogP) is 4.59. The molecule has 2 rings (SSSR count). The van der Waals surface area contributed by atoms with E-state index in [2.05, 4.69) is 5.32 Å². The summed E-state index contributed by atoms with van der Waals surface area (Å²) in [4.78, 5) is 13.5. The zero-order valence-corrected chi connectivity index (χ0v) is 13.7. The Hall–Kier alpha value is -1.94. The van der Waals surface area contributed by atoms with Gasteiger partial charge in [0.05, 0.1) is 11.9 Å². The largest absolute Gasteiger partial charge is 0.494 e. The Balaban J connectivity index is 1.96. The van der Waals surface area contributed by atoms with Gasteiger partial charge in [0.1, 0.15) is 5.75 Å². The number of hydrogen-bond donors (Lipinski definition) is 1. The van der Waals surface area contributed by atoms with Crippen LogP contribution in [-0.2, 0) is 4.79 Å². The molecule has 0 spiro atoms. The van der Waals surface area contributed by atoms with E-state index in [-0.39, 0.29) is 11.2 Å². The number of ether oxygens (including phenoxy) is 1. The minimum Gasteiger partial charge on any atom is -0.494 e. The van der Waals surface area contributed by atoms with Gasteiger partial charge in [-0.25, -0.2) is 0 Å². The van der Waals surface area contributed by atoms with Crippen molar-refractivity contribution in [2.75, 3.05) is 11.9 Å². The summed E-state index contributed by atoms with van der Waals surface area (Å²) < 4.78 is 5.40. The molecule has 1 atom stereocenters. The number of carbonyl (C=O) groups is 1. The Morgan fingerprint density at radius 1 is 1.09 bits per heavy atom. The van der Waals surface area contributed by atoms with Crippen LogP contribution in [0.2, 0.25) is 0 Å². The van der Waals surface area contributed by atoms with Crippen LogP contribution in [0.15, 0.2) is 59.5 Å². The molecule has 4 heteroatoms. The minimum atomic E-state index is -0.103. The summed E-state index contributed by atoms with van der Waals surface area (Å²) in [6.07, 6.45) is 0.780. The molecule has 0 aliphatic carbocycles. The summed E-state index contributed by atoms with van der Waals surface area (Å²) >= 11 is 1.59. The predicted molar refractivity (Wildman–Crippen MR) is 92.6 cm³/mol. The molecule has 0 heterocycles. The lowest BCUT2D eigenvalue weighted by molar-refractivity contribution is -0.115. The first-order valence-electron chi connectivity index (χ1n) is 7.48. The lowest BCUT2D eigenvalue weighted by atomic mass is 10.2. The third-order valence-corrected chi connectivity index (χ3v) is 4.49. The fraction of sp³-hybridized carbons (Fsp3) is 0.278. The standard InChI is InChI=1S/C18H21NO2S/c1-3-17(22-16-8-6-5-7-9-16)18(20)19-14-10-12-15(13-11-14)21-4-2/h5-13,17H,3-4H2,1-2H3,(H,19,20). The molecule has 1 unspecified atom stereocenters. The summed E-state index contributed by atoms with van der Waals surface area (Å²) in [5.74, 6) is 0.840. The van der Waals surface area contributed by atoms with Crippen molar-refractivity contribution in [2.45, 2.75) is 30.4 Å². The van der Waals surface area contributed by atoms with Crippen molar-refractivity contribution >= 4 is 23.4 Å². The van der Waals surface area contributed by atoms with Gasteiger partial charge in [-0.3, -0.25) is 4.79 Å². The molecular formula is C18H21NO2S. The van der Waals surface area contributed by atoms with E-state index in [1.807, 2.05) is 68.4 Å². The lowest BCUT2D eigenvalue weighted by Crippen LogP contribution is -2.24. The third-order valence-electron chi connectivity index (χ3n) is 3.12. The van der Waals surface area contributed by atoms with Gasteiger partial charge in [0.15, 0.2) is 0 Å². The van der Waals surface area contributed by atoms with Gasteiger partial charge in [0, 0.05) is 10.6 Å². The topological polar surface area (TPSA) is 38.3 Å². The highest BCUT2D eigenvalue weighted by Gasteiger charge is 2.17. The van der Waals surface area contributed by atoms with Crippen LogP contribution in [0.4, 0.5) is 5.69 Å². The Bertz CT molecular complexity index is 584. The first-order chi connectivity index (χ1) is 10.7. The van der Waals surface area contributed by atoms with E-state index < -0.39 is 0 Å². The number of nitrogens with one attached hydrogen (secondary N) is 1. The molecule has 0 fully saturated rings. The van der Waals surface area contributed by atoms with E-state index in [4.69, 9.17) is 4.74 Å². The Kier molecular flexibility index (Phi) is 6.34. The van der Waals surface area contributed by atoms with E-state index in [0.717, 1.165) is 22.8 Å². The third kappa shape index (κ3) is 4.81. The molecule has 0 radical (unpaired) electrons. The van der Waals surface area contributed by atoms with Crippen LogP contribution in [0.1, 0.15) is 20.3 Å². The first kappa shape index (κ1) is 16.4. The van der Waals surface area contributed by atoms with Gasteiger partial charge in [-0.15, -0.1) is 11.8 Å². The normalized spacial score (nSPS) is 11.7. The Morgan fingerprint density at radius 3 is 2.36 bits per heavy atom. The van der Waals surface area contributed by atoms with Crippen molar-refractivity contribution < 1.29 is 9.53 Å². The summed E-state index contributed by atoms with van der Waals surface area (Å²) in [7, 11) is 0. The second-order valence-electron chi connectivity index (χ2n) is 4.77. The van der Waals surface area contributed by atoms with Gasteiger partial charge in [0.25, 0.3) is 0 Å². The van der Waals surface area contributed by atoms with Crippen LogP contribution < -0.4 is 10.1 Å². The zero-order valence-electron chi connectivity index (χ0n) is 12.9.